The molecule has 4 rings (SSSR count). The molecule has 3 heterocycles. The lowest BCUT2D eigenvalue weighted by atomic mass is 10.2. The number of nitrogens with zero attached hydrogens (tertiary/aromatic N) is 4. The van der Waals surface area contributed by atoms with E-state index in [0.717, 1.165) is 22.7 Å². The van der Waals surface area contributed by atoms with Crippen LogP contribution in [0.3, 0.4) is 0 Å². The molecule has 0 bridgehead atoms. The zero-order chi connectivity index (χ0) is 19.7. The lowest BCUT2D eigenvalue weighted by Crippen LogP contribution is -2.23. The standard InChI is InChI=1S/C20H22N4O4/c1-12(15-5-6-21-10-22-15)24(3)9-16-13(2)28-20(23-16)14-7-17(25-4)19-18(8-14)26-11-27-19/h5-8,10,12H,9,11H2,1-4H3. The highest BCUT2D eigenvalue weighted by atomic mass is 16.7. The van der Waals surface area contributed by atoms with Crippen LogP contribution in [-0.4, -0.2) is 40.8 Å². The van der Waals surface area contributed by atoms with Crippen molar-refractivity contribution in [3.8, 4) is 28.7 Å². The van der Waals surface area contributed by atoms with Crippen LogP contribution in [0.5, 0.6) is 17.2 Å². The zero-order valence-corrected chi connectivity index (χ0v) is 16.3. The maximum Gasteiger partial charge on any atom is 0.231 e. The van der Waals surface area contributed by atoms with Gasteiger partial charge in [-0.15, -0.1) is 0 Å². The molecule has 0 spiro atoms. The Morgan fingerprint density at radius 1 is 1.29 bits per heavy atom. The van der Waals surface area contributed by atoms with Gasteiger partial charge in [0.25, 0.3) is 0 Å². The Morgan fingerprint density at radius 3 is 2.89 bits per heavy atom. The number of oxazole rings is 1. The van der Waals surface area contributed by atoms with Gasteiger partial charge in [0.05, 0.1) is 18.5 Å². The third kappa shape index (κ3) is 3.38. The molecule has 1 aliphatic rings. The van der Waals surface area contributed by atoms with Crippen molar-refractivity contribution in [2.75, 3.05) is 21.0 Å². The first-order valence-corrected chi connectivity index (χ1v) is 8.97. The van der Waals surface area contributed by atoms with Crippen LogP contribution in [-0.2, 0) is 6.54 Å². The van der Waals surface area contributed by atoms with Crippen molar-refractivity contribution in [2.24, 2.45) is 0 Å². The number of hydrogen-bond acceptors (Lipinski definition) is 8. The summed E-state index contributed by atoms with van der Waals surface area (Å²) < 4.78 is 22.3. The second-order valence-corrected chi connectivity index (χ2v) is 6.66. The molecule has 0 aliphatic carbocycles. The number of benzene rings is 1. The van der Waals surface area contributed by atoms with Crippen LogP contribution in [0.25, 0.3) is 11.5 Å². The highest BCUT2D eigenvalue weighted by molar-refractivity contribution is 5.66. The number of aryl methyl sites for hydroxylation is 1. The molecule has 8 nitrogen and oxygen atoms in total. The predicted octanol–water partition coefficient (Wildman–Crippen LogP) is 3.37. The molecular weight excluding hydrogens is 360 g/mol. The molecule has 1 aliphatic heterocycles. The Balaban J connectivity index is 1.58. The van der Waals surface area contributed by atoms with Crippen molar-refractivity contribution in [1.29, 1.82) is 0 Å². The zero-order valence-electron chi connectivity index (χ0n) is 16.3. The van der Waals surface area contributed by atoms with Gasteiger partial charge in [0.2, 0.25) is 18.4 Å². The predicted molar refractivity (Wildman–Crippen MR) is 101 cm³/mol. The van der Waals surface area contributed by atoms with E-state index in [9.17, 15) is 0 Å². The lowest BCUT2D eigenvalue weighted by Gasteiger charge is -2.23. The molecule has 3 aromatic rings. The fourth-order valence-corrected chi connectivity index (χ4v) is 3.10. The molecule has 146 valence electrons. The van der Waals surface area contributed by atoms with Gasteiger partial charge in [0, 0.05) is 24.3 Å². The number of hydrogen-bond donors (Lipinski definition) is 0. The summed E-state index contributed by atoms with van der Waals surface area (Å²) in [6.45, 7) is 4.82. The maximum atomic E-state index is 5.93. The quantitative estimate of drug-likeness (QED) is 0.642. The van der Waals surface area contributed by atoms with E-state index in [1.165, 1.54) is 0 Å². The van der Waals surface area contributed by atoms with Crippen LogP contribution < -0.4 is 14.2 Å². The van der Waals surface area contributed by atoms with Gasteiger partial charge < -0.3 is 18.6 Å². The summed E-state index contributed by atoms with van der Waals surface area (Å²) in [6, 6.07) is 5.73. The molecule has 28 heavy (non-hydrogen) atoms. The SMILES string of the molecule is COc1cc(-c2nc(CN(C)C(C)c3ccncn3)c(C)o2)cc2c1OCO2. The van der Waals surface area contributed by atoms with Crippen LogP contribution in [0.4, 0.5) is 0 Å². The Bertz CT molecular complexity index is 974. The van der Waals surface area contributed by atoms with Gasteiger partial charge in [0.15, 0.2) is 11.5 Å². The van der Waals surface area contributed by atoms with E-state index in [2.05, 4.69) is 21.8 Å². The number of rotatable bonds is 6. The summed E-state index contributed by atoms with van der Waals surface area (Å²) in [5.74, 6) is 3.12. The summed E-state index contributed by atoms with van der Waals surface area (Å²) in [6.07, 6.45) is 3.31. The van der Waals surface area contributed by atoms with Crippen molar-refractivity contribution >= 4 is 0 Å². The second kappa shape index (κ2) is 7.47. The van der Waals surface area contributed by atoms with E-state index >= 15 is 0 Å². The molecule has 0 saturated carbocycles. The third-order valence-corrected chi connectivity index (χ3v) is 4.89. The van der Waals surface area contributed by atoms with Crippen molar-refractivity contribution in [3.63, 3.8) is 0 Å². The molecule has 1 aromatic carbocycles. The highest BCUT2D eigenvalue weighted by Gasteiger charge is 2.23. The second-order valence-electron chi connectivity index (χ2n) is 6.66. The average molecular weight is 382 g/mol. The van der Waals surface area contributed by atoms with E-state index in [-0.39, 0.29) is 12.8 Å². The summed E-state index contributed by atoms with van der Waals surface area (Å²) >= 11 is 0. The van der Waals surface area contributed by atoms with Gasteiger partial charge in [-0.1, -0.05) is 0 Å². The van der Waals surface area contributed by atoms with Gasteiger partial charge in [-0.25, -0.2) is 15.0 Å². The minimum Gasteiger partial charge on any atom is -0.493 e. The van der Waals surface area contributed by atoms with Crippen LogP contribution in [0.2, 0.25) is 0 Å². The van der Waals surface area contributed by atoms with E-state index in [4.69, 9.17) is 23.6 Å². The van der Waals surface area contributed by atoms with Gasteiger partial charge in [-0.05, 0) is 39.1 Å². The van der Waals surface area contributed by atoms with Crippen LogP contribution >= 0.6 is 0 Å². The molecular formula is C20H22N4O4. The van der Waals surface area contributed by atoms with Crippen molar-refractivity contribution in [1.82, 2.24) is 19.9 Å². The van der Waals surface area contributed by atoms with E-state index < -0.39 is 0 Å². The largest absolute Gasteiger partial charge is 0.493 e. The summed E-state index contributed by atoms with van der Waals surface area (Å²) in [5, 5.41) is 0. The maximum absolute atomic E-state index is 5.93. The highest BCUT2D eigenvalue weighted by Crippen LogP contribution is 2.44. The number of ether oxygens (including phenoxy) is 3. The molecule has 1 unspecified atom stereocenters. The Kier molecular flexibility index (Phi) is 4.87. The Labute approximate surface area is 163 Å². The Morgan fingerprint density at radius 2 is 2.14 bits per heavy atom. The van der Waals surface area contributed by atoms with E-state index in [1.54, 1.807) is 19.6 Å². The summed E-state index contributed by atoms with van der Waals surface area (Å²) in [5.41, 5.74) is 2.61. The first kappa shape index (κ1) is 18.2. The molecule has 0 radical (unpaired) electrons. The molecule has 0 fully saturated rings. The minimum atomic E-state index is 0.119. The number of methoxy groups -OCH3 is 1. The van der Waals surface area contributed by atoms with Gasteiger partial charge in [-0.2, -0.15) is 0 Å². The van der Waals surface area contributed by atoms with Crippen molar-refractivity contribution < 1.29 is 18.6 Å². The van der Waals surface area contributed by atoms with E-state index in [1.807, 2.05) is 32.2 Å². The van der Waals surface area contributed by atoms with Crippen LogP contribution in [0.15, 0.2) is 35.1 Å². The molecule has 0 saturated heterocycles. The molecule has 0 N–H and O–H groups in total. The molecule has 8 heteroatoms. The van der Waals surface area contributed by atoms with Crippen LogP contribution in [0, 0.1) is 6.92 Å². The van der Waals surface area contributed by atoms with Crippen LogP contribution in [0.1, 0.15) is 30.1 Å². The fourth-order valence-electron chi connectivity index (χ4n) is 3.10. The Hall–Kier alpha value is -3.13. The van der Waals surface area contributed by atoms with Crippen molar-refractivity contribution in [2.45, 2.75) is 26.4 Å². The topological polar surface area (TPSA) is 82.7 Å². The van der Waals surface area contributed by atoms with Gasteiger partial charge in [0.1, 0.15) is 12.1 Å². The summed E-state index contributed by atoms with van der Waals surface area (Å²) in [7, 11) is 3.63. The average Bonchev–Trinajstić information content (AvgIpc) is 3.34. The number of aromatic nitrogens is 3. The lowest BCUT2D eigenvalue weighted by molar-refractivity contribution is 0.171. The fraction of sp³-hybridized carbons (Fsp3) is 0.350. The molecule has 0 amide bonds. The minimum absolute atomic E-state index is 0.119. The van der Waals surface area contributed by atoms with E-state index in [0.29, 0.717) is 29.7 Å². The number of fused-ring (bicyclic) bond motifs is 1. The smallest absolute Gasteiger partial charge is 0.231 e. The molecule has 1 atom stereocenters. The summed E-state index contributed by atoms with van der Waals surface area (Å²) in [4.78, 5) is 15.2. The van der Waals surface area contributed by atoms with Gasteiger partial charge in [-0.3, -0.25) is 4.90 Å². The first-order chi connectivity index (χ1) is 13.6. The molecule has 2 aromatic heterocycles. The first-order valence-electron chi connectivity index (χ1n) is 8.97. The third-order valence-electron chi connectivity index (χ3n) is 4.89. The monoisotopic (exact) mass is 382 g/mol. The van der Waals surface area contributed by atoms with Crippen molar-refractivity contribution in [3.05, 3.63) is 47.9 Å². The van der Waals surface area contributed by atoms with Gasteiger partial charge >= 0.3 is 0 Å². The normalized spacial score (nSPS) is 13.8.